The summed E-state index contributed by atoms with van der Waals surface area (Å²) in [5.74, 6) is 0. The van der Waals surface area contributed by atoms with E-state index in [2.05, 4.69) is 18.2 Å². The standard InChI is InChI=1S/C14H17F3N2/c1-5-12(19(4)6-2)10(3)11-7-8-13(18-9-11)14(15,16)17/h5-7,9,13H,2-3,8H2,1,4H3/b12-5-. The van der Waals surface area contributed by atoms with Crippen LogP contribution in [-0.4, -0.2) is 30.4 Å². The Hall–Kier alpha value is -1.78. The molecule has 0 aromatic rings. The summed E-state index contributed by atoms with van der Waals surface area (Å²) in [4.78, 5) is 5.31. The molecule has 1 atom stereocenters. The number of aliphatic imine (C=N–C) groups is 1. The maximum atomic E-state index is 12.5. The fourth-order valence-corrected chi connectivity index (χ4v) is 1.78. The number of nitrogens with zero attached hydrogens (tertiary/aromatic N) is 2. The van der Waals surface area contributed by atoms with Gasteiger partial charge in [0, 0.05) is 19.0 Å². The Morgan fingerprint density at radius 1 is 1.53 bits per heavy atom. The van der Waals surface area contributed by atoms with Gasteiger partial charge in [-0.15, -0.1) is 0 Å². The van der Waals surface area contributed by atoms with Gasteiger partial charge in [0.2, 0.25) is 0 Å². The summed E-state index contributed by atoms with van der Waals surface area (Å²) in [6.07, 6.45) is 1.76. The van der Waals surface area contributed by atoms with Gasteiger partial charge in [0.1, 0.15) is 6.04 Å². The molecular formula is C14H17F3N2. The number of hydrogen-bond acceptors (Lipinski definition) is 2. The Balaban J connectivity index is 2.85. The second-order valence-electron chi connectivity index (χ2n) is 4.18. The van der Waals surface area contributed by atoms with Gasteiger partial charge < -0.3 is 4.90 Å². The van der Waals surface area contributed by atoms with Crippen LogP contribution < -0.4 is 0 Å². The van der Waals surface area contributed by atoms with E-state index >= 15 is 0 Å². The minimum Gasteiger partial charge on any atom is -0.351 e. The molecule has 0 saturated carbocycles. The van der Waals surface area contributed by atoms with Crippen molar-refractivity contribution in [1.82, 2.24) is 4.90 Å². The topological polar surface area (TPSA) is 15.6 Å². The van der Waals surface area contributed by atoms with Crippen LogP contribution in [0.1, 0.15) is 13.3 Å². The first-order valence-corrected chi connectivity index (χ1v) is 5.82. The average molecular weight is 270 g/mol. The van der Waals surface area contributed by atoms with Crippen molar-refractivity contribution in [2.24, 2.45) is 4.99 Å². The maximum absolute atomic E-state index is 12.5. The van der Waals surface area contributed by atoms with Crippen molar-refractivity contribution in [3.63, 3.8) is 0 Å². The maximum Gasteiger partial charge on any atom is 0.411 e. The highest BCUT2D eigenvalue weighted by Gasteiger charge is 2.39. The SMILES string of the molecule is C=CN(C)/C(=C\C)C(=C)C1=CCC(C(F)(F)F)N=C1. The molecule has 0 aromatic heterocycles. The van der Waals surface area contributed by atoms with Gasteiger partial charge in [-0.25, -0.2) is 0 Å². The minimum absolute atomic E-state index is 0.150. The van der Waals surface area contributed by atoms with E-state index in [9.17, 15) is 13.2 Å². The number of rotatable bonds is 4. The van der Waals surface area contributed by atoms with E-state index in [-0.39, 0.29) is 6.42 Å². The second kappa shape index (κ2) is 5.91. The molecule has 1 aliphatic rings. The first-order chi connectivity index (χ1) is 8.81. The number of alkyl halides is 3. The zero-order chi connectivity index (χ0) is 14.6. The Morgan fingerprint density at radius 3 is 2.53 bits per heavy atom. The van der Waals surface area contributed by atoms with E-state index in [0.717, 1.165) is 5.70 Å². The van der Waals surface area contributed by atoms with E-state index in [4.69, 9.17) is 0 Å². The monoisotopic (exact) mass is 270 g/mol. The second-order valence-corrected chi connectivity index (χ2v) is 4.18. The zero-order valence-corrected chi connectivity index (χ0v) is 11.0. The lowest BCUT2D eigenvalue weighted by atomic mass is 9.99. The minimum atomic E-state index is -4.29. The number of hydrogen-bond donors (Lipinski definition) is 0. The molecule has 0 radical (unpaired) electrons. The van der Waals surface area contributed by atoms with Crippen LogP contribution in [0.15, 0.2) is 53.3 Å². The third-order valence-corrected chi connectivity index (χ3v) is 2.92. The lowest BCUT2D eigenvalue weighted by molar-refractivity contribution is -0.146. The molecule has 0 N–H and O–H groups in total. The predicted molar refractivity (Wildman–Crippen MR) is 71.9 cm³/mol. The first kappa shape index (κ1) is 15.3. The number of dihydropyridines is 1. The van der Waals surface area contributed by atoms with Crippen molar-refractivity contribution >= 4 is 6.21 Å². The van der Waals surface area contributed by atoms with Crippen molar-refractivity contribution < 1.29 is 13.2 Å². The van der Waals surface area contributed by atoms with Gasteiger partial charge in [0.15, 0.2) is 0 Å². The van der Waals surface area contributed by atoms with Crippen molar-refractivity contribution in [2.75, 3.05) is 7.05 Å². The molecule has 0 aliphatic carbocycles. The molecular weight excluding hydrogens is 253 g/mol. The molecule has 0 spiro atoms. The molecule has 1 aliphatic heterocycles. The highest BCUT2D eigenvalue weighted by molar-refractivity contribution is 5.87. The Labute approximate surface area is 111 Å². The molecule has 19 heavy (non-hydrogen) atoms. The molecule has 1 unspecified atom stereocenters. The van der Waals surface area contributed by atoms with Crippen molar-refractivity contribution in [3.05, 3.63) is 48.4 Å². The van der Waals surface area contributed by atoms with Crippen LogP contribution in [0.4, 0.5) is 13.2 Å². The molecule has 104 valence electrons. The van der Waals surface area contributed by atoms with Crippen molar-refractivity contribution in [1.29, 1.82) is 0 Å². The van der Waals surface area contributed by atoms with Gasteiger partial charge in [-0.3, -0.25) is 4.99 Å². The third-order valence-electron chi connectivity index (χ3n) is 2.92. The summed E-state index contributed by atoms with van der Waals surface area (Å²) in [6, 6.07) is -1.64. The largest absolute Gasteiger partial charge is 0.411 e. The molecule has 0 bridgehead atoms. The lowest BCUT2D eigenvalue weighted by Crippen LogP contribution is -2.28. The van der Waals surface area contributed by atoms with Gasteiger partial charge in [-0.1, -0.05) is 25.3 Å². The summed E-state index contributed by atoms with van der Waals surface area (Å²) in [5.41, 5.74) is 2.04. The first-order valence-electron chi connectivity index (χ1n) is 5.82. The van der Waals surface area contributed by atoms with E-state index in [1.165, 1.54) is 12.3 Å². The summed E-state index contributed by atoms with van der Waals surface area (Å²) in [6.45, 7) is 9.38. The molecule has 5 heteroatoms. The Kier molecular flexibility index (Phi) is 4.75. The molecule has 1 heterocycles. The van der Waals surface area contributed by atoms with Gasteiger partial charge in [-0.2, -0.15) is 13.2 Å². The number of allylic oxidation sites excluding steroid dienone is 2. The molecule has 2 nitrogen and oxygen atoms in total. The molecule has 0 saturated heterocycles. The van der Waals surface area contributed by atoms with Gasteiger partial charge >= 0.3 is 6.18 Å². The fourth-order valence-electron chi connectivity index (χ4n) is 1.78. The van der Waals surface area contributed by atoms with Crippen LogP contribution in [-0.2, 0) is 0 Å². The lowest BCUT2D eigenvalue weighted by Gasteiger charge is -2.23. The van der Waals surface area contributed by atoms with Crippen molar-refractivity contribution in [2.45, 2.75) is 25.6 Å². The van der Waals surface area contributed by atoms with Crippen LogP contribution in [0, 0.1) is 0 Å². The Bertz CT molecular complexity index is 456. The highest BCUT2D eigenvalue weighted by Crippen LogP contribution is 2.30. The summed E-state index contributed by atoms with van der Waals surface area (Å²) < 4.78 is 37.4. The summed E-state index contributed by atoms with van der Waals surface area (Å²) in [7, 11) is 1.80. The van der Waals surface area contributed by atoms with E-state index in [1.54, 1.807) is 18.1 Å². The number of halogens is 3. The molecule has 1 rings (SSSR count). The van der Waals surface area contributed by atoms with Crippen molar-refractivity contribution in [3.8, 4) is 0 Å². The summed E-state index contributed by atoms with van der Waals surface area (Å²) in [5, 5.41) is 0. The van der Waals surface area contributed by atoms with Gasteiger partial charge in [0.25, 0.3) is 0 Å². The Morgan fingerprint density at radius 2 is 2.16 bits per heavy atom. The molecule has 0 amide bonds. The fraction of sp³-hybridized carbons (Fsp3) is 0.357. The van der Waals surface area contributed by atoms with Crippen LogP contribution in [0.2, 0.25) is 0 Å². The molecule has 0 aromatic carbocycles. The van der Waals surface area contributed by atoms with Crippen LogP contribution in [0.25, 0.3) is 0 Å². The van der Waals surface area contributed by atoms with E-state index in [0.29, 0.717) is 11.1 Å². The average Bonchev–Trinajstić information content (AvgIpc) is 2.38. The summed E-state index contributed by atoms with van der Waals surface area (Å²) >= 11 is 0. The zero-order valence-electron chi connectivity index (χ0n) is 11.0. The van der Waals surface area contributed by atoms with E-state index in [1.807, 2.05) is 13.0 Å². The predicted octanol–water partition coefficient (Wildman–Crippen LogP) is 3.85. The highest BCUT2D eigenvalue weighted by atomic mass is 19.4. The van der Waals surface area contributed by atoms with Crippen LogP contribution in [0.3, 0.4) is 0 Å². The normalized spacial score (nSPS) is 19.9. The van der Waals surface area contributed by atoms with Gasteiger partial charge in [0.05, 0.1) is 0 Å². The third kappa shape index (κ3) is 3.59. The van der Waals surface area contributed by atoms with Gasteiger partial charge in [-0.05, 0) is 30.7 Å². The van der Waals surface area contributed by atoms with Crippen LogP contribution in [0.5, 0.6) is 0 Å². The smallest absolute Gasteiger partial charge is 0.351 e. The number of likely N-dealkylation sites (N-methyl/N-ethyl adjacent to an activating group) is 1. The van der Waals surface area contributed by atoms with Crippen LogP contribution >= 0.6 is 0 Å². The van der Waals surface area contributed by atoms with E-state index < -0.39 is 12.2 Å². The molecule has 0 fully saturated rings. The quantitative estimate of drug-likeness (QED) is 0.708.